The molecule has 2 unspecified atom stereocenters. The van der Waals surface area contributed by atoms with Gasteiger partial charge in [0.1, 0.15) is 22.5 Å². The molecule has 0 aliphatic carbocycles. The van der Waals surface area contributed by atoms with E-state index < -0.39 is 20.8 Å². The molecule has 0 radical (unpaired) electrons. The first-order chi connectivity index (χ1) is 10.2. The molecule has 6 heteroatoms. The van der Waals surface area contributed by atoms with Crippen molar-refractivity contribution in [3.05, 3.63) is 29.6 Å². The van der Waals surface area contributed by atoms with Crippen LogP contribution in [-0.4, -0.2) is 31.2 Å². The van der Waals surface area contributed by atoms with E-state index in [9.17, 15) is 12.8 Å². The number of nitrogens with one attached hydrogen (secondary N) is 1. The lowest BCUT2D eigenvalue weighted by Gasteiger charge is -2.42. The van der Waals surface area contributed by atoms with Crippen LogP contribution in [0.4, 0.5) is 4.39 Å². The highest BCUT2D eigenvalue weighted by molar-refractivity contribution is 7.91. The largest absolute Gasteiger partial charge is 0.486 e. The molecule has 0 saturated carbocycles. The molecule has 0 amide bonds. The second kappa shape index (κ2) is 6.16. The van der Waals surface area contributed by atoms with Gasteiger partial charge in [-0.15, -0.1) is 0 Å². The second-order valence-electron chi connectivity index (χ2n) is 6.23. The summed E-state index contributed by atoms with van der Waals surface area (Å²) >= 11 is 0. The van der Waals surface area contributed by atoms with Crippen molar-refractivity contribution >= 4 is 9.84 Å². The van der Waals surface area contributed by atoms with Crippen LogP contribution in [0.15, 0.2) is 18.2 Å². The summed E-state index contributed by atoms with van der Waals surface area (Å²) in [4.78, 5) is 0. The molecule has 1 aromatic rings. The number of fused-ring (bicyclic) bond motifs is 1. The van der Waals surface area contributed by atoms with E-state index in [0.717, 1.165) is 5.56 Å². The minimum atomic E-state index is -3.19. The Bertz CT molecular complexity index is 643. The van der Waals surface area contributed by atoms with Gasteiger partial charge in [-0.2, -0.15) is 0 Å². The topological polar surface area (TPSA) is 55.4 Å². The van der Waals surface area contributed by atoms with Crippen LogP contribution in [0.1, 0.15) is 39.7 Å². The first-order valence-electron chi connectivity index (χ1n) is 7.64. The lowest BCUT2D eigenvalue weighted by molar-refractivity contribution is 0.0465. The van der Waals surface area contributed by atoms with Crippen LogP contribution in [0.3, 0.4) is 0 Å². The molecule has 0 bridgehead atoms. The van der Waals surface area contributed by atoms with Gasteiger partial charge in [0.05, 0.1) is 6.04 Å². The third-order valence-corrected chi connectivity index (χ3v) is 6.39. The van der Waals surface area contributed by atoms with E-state index in [1.54, 1.807) is 13.0 Å². The molecular formula is C16H24FNO3S. The van der Waals surface area contributed by atoms with Crippen molar-refractivity contribution in [1.29, 1.82) is 0 Å². The zero-order chi connectivity index (χ0) is 16.5. The fourth-order valence-corrected chi connectivity index (χ4v) is 4.07. The Labute approximate surface area is 132 Å². The van der Waals surface area contributed by atoms with E-state index in [1.165, 1.54) is 12.1 Å². The van der Waals surface area contributed by atoms with Gasteiger partial charge in [-0.05, 0) is 50.5 Å². The fraction of sp³-hybridized carbons (Fsp3) is 0.625. The monoisotopic (exact) mass is 329 g/mol. The Hall–Kier alpha value is -1.14. The van der Waals surface area contributed by atoms with Gasteiger partial charge in [0.25, 0.3) is 0 Å². The summed E-state index contributed by atoms with van der Waals surface area (Å²) in [6.07, 6.45) is 1.02. The van der Waals surface area contributed by atoms with Gasteiger partial charge in [-0.3, -0.25) is 5.32 Å². The van der Waals surface area contributed by atoms with Crippen molar-refractivity contribution in [2.45, 2.75) is 57.6 Å². The zero-order valence-electron chi connectivity index (χ0n) is 13.5. The van der Waals surface area contributed by atoms with Crippen molar-refractivity contribution in [3.8, 4) is 5.75 Å². The van der Waals surface area contributed by atoms with Gasteiger partial charge in [-0.25, -0.2) is 12.8 Å². The highest BCUT2D eigenvalue weighted by atomic mass is 32.2. The van der Waals surface area contributed by atoms with E-state index >= 15 is 0 Å². The van der Waals surface area contributed by atoms with E-state index in [0.29, 0.717) is 18.6 Å². The number of sulfone groups is 1. The number of ether oxygens (including phenoxy) is 1. The van der Waals surface area contributed by atoms with Crippen molar-refractivity contribution in [1.82, 2.24) is 5.32 Å². The van der Waals surface area contributed by atoms with Crippen molar-refractivity contribution in [2.75, 3.05) is 5.75 Å². The average Bonchev–Trinajstić information content (AvgIpc) is 2.44. The normalized spacial score (nSPS) is 21.8. The van der Waals surface area contributed by atoms with Crippen molar-refractivity contribution in [2.24, 2.45) is 0 Å². The van der Waals surface area contributed by atoms with Crippen LogP contribution in [0.5, 0.6) is 5.75 Å². The molecule has 2 atom stereocenters. The summed E-state index contributed by atoms with van der Waals surface area (Å²) in [6, 6.07) is 4.25. The molecule has 4 nitrogen and oxygen atoms in total. The van der Waals surface area contributed by atoms with Gasteiger partial charge in [0, 0.05) is 5.75 Å². The number of benzene rings is 1. The first-order valence-corrected chi connectivity index (χ1v) is 9.36. The molecule has 22 heavy (non-hydrogen) atoms. The summed E-state index contributed by atoms with van der Waals surface area (Å²) in [7, 11) is -3.19. The summed E-state index contributed by atoms with van der Waals surface area (Å²) in [5.41, 5.74) is 0.196. The Morgan fingerprint density at radius 3 is 2.68 bits per heavy atom. The highest BCUT2D eigenvalue weighted by Crippen LogP contribution is 2.34. The third kappa shape index (κ3) is 3.43. The van der Waals surface area contributed by atoms with Crippen LogP contribution in [0.2, 0.25) is 0 Å². The smallest absolute Gasteiger partial charge is 0.165 e. The predicted molar refractivity (Wildman–Crippen MR) is 85.3 cm³/mol. The third-order valence-electron chi connectivity index (χ3n) is 4.25. The van der Waals surface area contributed by atoms with E-state index in [1.807, 2.05) is 20.8 Å². The van der Waals surface area contributed by atoms with Gasteiger partial charge in [-0.1, -0.05) is 13.8 Å². The van der Waals surface area contributed by atoms with Crippen LogP contribution < -0.4 is 10.1 Å². The minimum Gasteiger partial charge on any atom is -0.486 e. The average molecular weight is 329 g/mol. The first kappa shape index (κ1) is 17.2. The van der Waals surface area contributed by atoms with Crippen molar-refractivity contribution in [3.63, 3.8) is 0 Å². The molecule has 124 valence electrons. The Morgan fingerprint density at radius 1 is 1.41 bits per heavy atom. The molecule has 1 aromatic carbocycles. The maximum Gasteiger partial charge on any atom is 0.165 e. The molecule has 1 aliphatic rings. The molecule has 2 rings (SSSR count). The summed E-state index contributed by atoms with van der Waals surface area (Å²) in [5, 5.41) is 2.60. The summed E-state index contributed by atoms with van der Waals surface area (Å²) in [6.45, 7) is 7.33. The van der Waals surface area contributed by atoms with Gasteiger partial charge in [0.15, 0.2) is 9.84 Å². The van der Waals surface area contributed by atoms with Crippen LogP contribution >= 0.6 is 0 Å². The number of halogens is 1. The highest BCUT2D eigenvalue weighted by Gasteiger charge is 2.39. The fourth-order valence-electron chi connectivity index (χ4n) is 2.79. The van der Waals surface area contributed by atoms with E-state index in [2.05, 4.69) is 5.32 Å². The summed E-state index contributed by atoms with van der Waals surface area (Å²) < 4.78 is 43.7. The van der Waals surface area contributed by atoms with Crippen LogP contribution in [0, 0.1) is 5.82 Å². The Balaban J connectivity index is 2.27. The Morgan fingerprint density at radius 2 is 2.09 bits per heavy atom. The summed E-state index contributed by atoms with van der Waals surface area (Å²) in [5.74, 6) is 0.447. The van der Waals surface area contributed by atoms with Gasteiger partial charge >= 0.3 is 0 Å². The standard InChI is InChI=1S/C16H24FNO3S/c1-5-15(22(19,20)6-2)18-14-10-11-9-12(17)7-8-13(11)21-16(14,3)4/h7-9,14-15,18H,5-6,10H2,1-4H3. The second-order valence-corrected chi connectivity index (χ2v) is 8.70. The lowest BCUT2D eigenvalue weighted by Crippen LogP contribution is -2.58. The maximum atomic E-state index is 13.4. The van der Waals surface area contributed by atoms with Gasteiger partial charge in [0.2, 0.25) is 0 Å². The van der Waals surface area contributed by atoms with Crippen LogP contribution in [-0.2, 0) is 16.3 Å². The minimum absolute atomic E-state index is 0.0950. The SMILES string of the molecule is CCC(NC1Cc2cc(F)ccc2OC1(C)C)S(=O)(=O)CC. The number of rotatable bonds is 5. The maximum absolute atomic E-state index is 13.4. The van der Waals surface area contributed by atoms with Crippen molar-refractivity contribution < 1.29 is 17.5 Å². The Kier molecular flexibility index (Phi) is 4.82. The molecule has 0 saturated heterocycles. The lowest BCUT2D eigenvalue weighted by atomic mass is 9.88. The number of hydrogen-bond acceptors (Lipinski definition) is 4. The van der Waals surface area contributed by atoms with Crippen LogP contribution in [0.25, 0.3) is 0 Å². The molecule has 1 aliphatic heterocycles. The van der Waals surface area contributed by atoms with E-state index in [4.69, 9.17) is 4.74 Å². The predicted octanol–water partition coefficient (Wildman–Crippen LogP) is 2.67. The molecular weight excluding hydrogens is 305 g/mol. The molecule has 0 aromatic heterocycles. The van der Waals surface area contributed by atoms with Gasteiger partial charge < -0.3 is 4.74 Å². The molecule has 0 fully saturated rings. The molecule has 1 heterocycles. The zero-order valence-corrected chi connectivity index (χ0v) is 14.3. The quantitative estimate of drug-likeness (QED) is 0.902. The number of hydrogen-bond donors (Lipinski definition) is 1. The van der Waals surface area contributed by atoms with E-state index in [-0.39, 0.29) is 17.6 Å². The molecule has 0 spiro atoms. The molecule has 1 N–H and O–H groups in total.